The molecule has 118 valence electrons. The molecule has 2 atom stereocenters. The van der Waals surface area contributed by atoms with Gasteiger partial charge in [-0.25, -0.2) is 0 Å². The van der Waals surface area contributed by atoms with Gasteiger partial charge in [-0.1, -0.05) is 29.8 Å². The number of furan rings is 1. The van der Waals surface area contributed by atoms with Gasteiger partial charge in [0.15, 0.2) is 0 Å². The van der Waals surface area contributed by atoms with Crippen LogP contribution in [0.5, 0.6) is 0 Å². The van der Waals surface area contributed by atoms with E-state index in [9.17, 15) is 5.11 Å². The van der Waals surface area contributed by atoms with Crippen LogP contribution in [0.1, 0.15) is 34.9 Å². The zero-order valence-electron chi connectivity index (χ0n) is 13.2. The van der Waals surface area contributed by atoms with Gasteiger partial charge in [-0.15, -0.1) is 0 Å². The van der Waals surface area contributed by atoms with Crippen molar-refractivity contribution in [3.8, 4) is 0 Å². The van der Waals surface area contributed by atoms with Crippen molar-refractivity contribution in [2.75, 3.05) is 26.2 Å². The standard InChI is InChI=1S/C18H23NO3/c1-13-3-6-15(7-4-13)16(20)11-19-9-10-21-18(12-19)17-8-5-14(2)22-17/h3-8,16,18,20H,9-12H2,1-2H3. The normalized spacial score (nSPS) is 21.0. The fourth-order valence-corrected chi connectivity index (χ4v) is 2.81. The van der Waals surface area contributed by atoms with Gasteiger partial charge in [0.25, 0.3) is 0 Å². The van der Waals surface area contributed by atoms with Crippen LogP contribution in [0.3, 0.4) is 0 Å². The minimum atomic E-state index is -0.474. The first kappa shape index (κ1) is 15.3. The zero-order chi connectivity index (χ0) is 15.5. The summed E-state index contributed by atoms with van der Waals surface area (Å²) in [6.45, 7) is 6.84. The van der Waals surface area contributed by atoms with Crippen LogP contribution in [0.2, 0.25) is 0 Å². The molecular formula is C18H23NO3. The number of β-amino-alcohol motifs (C(OH)–C–C–N with tert-alkyl or cyclic N) is 1. The van der Waals surface area contributed by atoms with E-state index < -0.39 is 6.10 Å². The molecule has 0 aliphatic carbocycles. The van der Waals surface area contributed by atoms with Gasteiger partial charge in [0.05, 0.1) is 12.7 Å². The van der Waals surface area contributed by atoms with Crippen molar-refractivity contribution in [1.82, 2.24) is 4.90 Å². The molecule has 0 saturated carbocycles. The number of aliphatic hydroxyl groups excluding tert-OH is 1. The fraction of sp³-hybridized carbons (Fsp3) is 0.444. The van der Waals surface area contributed by atoms with Crippen molar-refractivity contribution in [3.63, 3.8) is 0 Å². The van der Waals surface area contributed by atoms with E-state index in [-0.39, 0.29) is 6.10 Å². The van der Waals surface area contributed by atoms with Crippen LogP contribution < -0.4 is 0 Å². The molecule has 1 N–H and O–H groups in total. The predicted octanol–water partition coefficient (Wildman–Crippen LogP) is 3.00. The highest BCUT2D eigenvalue weighted by Crippen LogP contribution is 2.25. The van der Waals surface area contributed by atoms with E-state index in [1.54, 1.807) is 0 Å². The SMILES string of the molecule is Cc1ccc(C(O)CN2CCOC(c3ccc(C)o3)C2)cc1. The average Bonchev–Trinajstić information content (AvgIpc) is 2.95. The van der Waals surface area contributed by atoms with Gasteiger partial charge < -0.3 is 14.3 Å². The summed E-state index contributed by atoms with van der Waals surface area (Å²) < 4.78 is 11.5. The lowest BCUT2D eigenvalue weighted by atomic mass is 10.1. The van der Waals surface area contributed by atoms with E-state index >= 15 is 0 Å². The minimum absolute atomic E-state index is 0.0485. The molecule has 2 unspecified atom stereocenters. The van der Waals surface area contributed by atoms with Crippen LogP contribution >= 0.6 is 0 Å². The molecule has 22 heavy (non-hydrogen) atoms. The highest BCUT2D eigenvalue weighted by atomic mass is 16.5. The van der Waals surface area contributed by atoms with E-state index in [2.05, 4.69) is 4.90 Å². The Morgan fingerprint density at radius 2 is 1.95 bits per heavy atom. The molecule has 3 rings (SSSR count). The molecular weight excluding hydrogens is 278 g/mol. The van der Waals surface area contributed by atoms with E-state index in [1.807, 2.05) is 50.2 Å². The molecule has 1 fully saturated rings. The first-order valence-electron chi connectivity index (χ1n) is 7.77. The van der Waals surface area contributed by atoms with Crippen molar-refractivity contribution in [1.29, 1.82) is 0 Å². The van der Waals surface area contributed by atoms with Crippen LogP contribution in [0.4, 0.5) is 0 Å². The van der Waals surface area contributed by atoms with Crippen molar-refractivity contribution in [2.24, 2.45) is 0 Å². The highest BCUT2D eigenvalue weighted by molar-refractivity contribution is 5.23. The predicted molar refractivity (Wildman–Crippen MR) is 84.7 cm³/mol. The van der Waals surface area contributed by atoms with Crippen LogP contribution in [0, 0.1) is 13.8 Å². The van der Waals surface area contributed by atoms with E-state index in [0.717, 1.165) is 30.2 Å². The number of morpholine rings is 1. The summed E-state index contributed by atoms with van der Waals surface area (Å²) in [5.74, 6) is 1.77. The monoisotopic (exact) mass is 301 g/mol. The number of hydrogen-bond acceptors (Lipinski definition) is 4. The van der Waals surface area contributed by atoms with Crippen LogP contribution in [-0.4, -0.2) is 36.2 Å². The van der Waals surface area contributed by atoms with Crippen LogP contribution in [0.15, 0.2) is 40.8 Å². The number of rotatable bonds is 4. The zero-order valence-corrected chi connectivity index (χ0v) is 13.2. The Bertz CT molecular complexity index is 605. The quantitative estimate of drug-likeness (QED) is 0.943. The number of aryl methyl sites for hydroxylation is 2. The molecule has 1 aromatic heterocycles. The summed E-state index contributed by atoms with van der Waals surface area (Å²) in [5, 5.41) is 10.4. The van der Waals surface area contributed by atoms with Gasteiger partial charge >= 0.3 is 0 Å². The summed E-state index contributed by atoms with van der Waals surface area (Å²) in [6, 6.07) is 12.0. The minimum Gasteiger partial charge on any atom is -0.464 e. The fourth-order valence-electron chi connectivity index (χ4n) is 2.81. The summed E-state index contributed by atoms with van der Waals surface area (Å²) in [4.78, 5) is 2.23. The maximum Gasteiger partial charge on any atom is 0.134 e. The van der Waals surface area contributed by atoms with Crippen molar-refractivity contribution < 1.29 is 14.3 Å². The molecule has 1 aliphatic heterocycles. The Morgan fingerprint density at radius 3 is 2.64 bits per heavy atom. The maximum atomic E-state index is 10.4. The third-order valence-corrected chi connectivity index (χ3v) is 4.12. The topological polar surface area (TPSA) is 45.8 Å². The first-order chi connectivity index (χ1) is 10.6. The summed E-state index contributed by atoms with van der Waals surface area (Å²) in [5.41, 5.74) is 2.16. The molecule has 0 bridgehead atoms. The molecule has 0 amide bonds. The largest absolute Gasteiger partial charge is 0.464 e. The second-order valence-corrected chi connectivity index (χ2v) is 5.99. The van der Waals surface area contributed by atoms with Gasteiger partial charge in [-0.2, -0.15) is 0 Å². The van der Waals surface area contributed by atoms with Gasteiger partial charge in [0, 0.05) is 19.6 Å². The second-order valence-electron chi connectivity index (χ2n) is 5.99. The van der Waals surface area contributed by atoms with Crippen molar-refractivity contribution in [3.05, 3.63) is 59.0 Å². The Balaban J connectivity index is 1.61. The lowest BCUT2D eigenvalue weighted by Gasteiger charge is -2.33. The lowest BCUT2D eigenvalue weighted by Crippen LogP contribution is -2.40. The molecule has 2 heterocycles. The molecule has 2 aromatic rings. The van der Waals surface area contributed by atoms with Gasteiger partial charge in [-0.05, 0) is 31.5 Å². The average molecular weight is 301 g/mol. The smallest absolute Gasteiger partial charge is 0.134 e. The number of ether oxygens (including phenoxy) is 1. The van der Waals surface area contributed by atoms with Gasteiger partial charge in [0.1, 0.15) is 17.6 Å². The molecule has 1 aromatic carbocycles. The Labute approximate surface area is 131 Å². The molecule has 0 radical (unpaired) electrons. The Hall–Kier alpha value is -1.62. The summed E-state index contributed by atoms with van der Waals surface area (Å²) >= 11 is 0. The molecule has 4 nitrogen and oxygen atoms in total. The van der Waals surface area contributed by atoms with Gasteiger partial charge in [0.2, 0.25) is 0 Å². The van der Waals surface area contributed by atoms with Crippen molar-refractivity contribution in [2.45, 2.75) is 26.1 Å². The van der Waals surface area contributed by atoms with E-state index in [4.69, 9.17) is 9.15 Å². The number of benzene rings is 1. The second kappa shape index (κ2) is 6.65. The summed E-state index contributed by atoms with van der Waals surface area (Å²) in [7, 11) is 0. The van der Waals surface area contributed by atoms with Crippen LogP contribution in [-0.2, 0) is 4.74 Å². The maximum absolute atomic E-state index is 10.4. The molecule has 4 heteroatoms. The van der Waals surface area contributed by atoms with E-state index in [1.165, 1.54) is 5.56 Å². The number of aliphatic hydroxyl groups is 1. The molecule has 1 aliphatic rings. The molecule has 0 spiro atoms. The first-order valence-corrected chi connectivity index (χ1v) is 7.77. The summed E-state index contributed by atoms with van der Waals surface area (Å²) in [6.07, 6.45) is -0.523. The lowest BCUT2D eigenvalue weighted by molar-refractivity contribution is -0.0513. The third kappa shape index (κ3) is 3.58. The number of hydrogen-bond donors (Lipinski definition) is 1. The molecule has 1 saturated heterocycles. The van der Waals surface area contributed by atoms with Crippen LogP contribution in [0.25, 0.3) is 0 Å². The van der Waals surface area contributed by atoms with Crippen molar-refractivity contribution >= 4 is 0 Å². The Kier molecular flexibility index (Phi) is 4.62. The number of nitrogens with zero attached hydrogens (tertiary/aromatic N) is 1. The third-order valence-electron chi connectivity index (χ3n) is 4.12. The highest BCUT2D eigenvalue weighted by Gasteiger charge is 2.25. The van der Waals surface area contributed by atoms with E-state index in [0.29, 0.717) is 13.2 Å². The van der Waals surface area contributed by atoms with Gasteiger partial charge in [-0.3, -0.25) is 4.90 Å². The Morgan fingerprint density at radius 1 is 1.18 bits per heavy atom.